The molecule has 0 spiro atoms. The molecule has 3 nitrogen and oxygen atoms in total. The summed E-state index contributed by atoms with van der Waals surface area (Å²) in [6, 6.07) is 13.5. The summed E-state index contributed by atoms with van der Waals surface area (Å²) in [5.41, 5.74) is 8.02. The Bertz CT molecular complexity index is 1100. The maximum absolute atomic E-state index is 6.57. The van der Waals surface area contributed by atoms with Crippen LogP contribution in [0.4, 0.5) is 0 Å². The molecule has 0 aliphatic rings. The minimum Gasteiger partial charge on any atom is -1.00 e. The molecule has 210 valence electrons. The van der Waals surface area contributed by atoms with Gasteiger partial charge in [-0.05, 0) is 36.5 Å². The molecule has 0 fully saturated rings. The molecule has 38 heavy (non-hydrogen) atoms. The number of halogens is 2. The number of nitrogens with zero attached hydrogens (tertiary/aromatic N) is 2. The third-order valence-electron chi connectivity index (χ3n) is 7.19. The van der Waals surface area contributed by atoms with Gasteiger partial charge in [-0.25, -0.2) is 0 Å². The quantitative estimate of drug-likeness (QED) is 0.116. The minimum atomic E-state index is 0. The molecular formula is C33H48Br2N2O. The molecule has 0 saturated heterocycles. The molecule has 0 amide bonds. The van der Waals surface area contributed by atoms with Crippen molar-refractivity contribution in [3.8, 4) is 17.3 Å². The molecule has 0 aliphatic heterocycles. The van der Waals surface area contributed by atoms with Crippen molar-refractivity contribution in [2.24, 2.45) is 0 Å². The Hall–Kier alpha value is -1.59. The lowest BCUT2D eigenvalue weighted by Gasteiger charge is -2.17. The van der Waals surface area contributed by atoms with Crippen LogP contribution < -0.4 is 26.3 Å². The average Bonchev–Trinajstić information content (AvgIpc) is 3.28. The second-order valence-electron chi connectivity index (χ2n) is 11.5. The van der Waals surface area contributed by atoms with Gasteiger partial charge in [-0.2, -0.15) is 9.13 Å². The molecule has 0 saturated carbocycles. The van der Waals surface area contributed by atoms with Gasteiger partial charge in [-0.3, -0.25) is 0 Å². The highest BCUT2D eigenvalue weighted by Gasteiger charge is 2.28. The van der Waals surface area contributed by atoms with Crippen molar-refractivity contribution < 1.29 is 26.3 Å². The smallest absolute Gasteiger partial charge is 0.330 e. The van der Waals surface area contributed by atoms with E-state index in [2.05, 4.69) is 129 Å². The molecule has 0 atom stereocenters. The Labute approximate surface area is 250 Å². The first-order valence-corrected chi connectivity index (χ1v) is 15.4. The second-order valence-corrected chi connectivity index (χ2v) is 12.3. The van der Waals surface area contributed by atoms with Crippen molar-refractivity contribution in [3.05, 3.63) is 71.2 Å². The normalized spacial score (nSPS) is 11.6. The highest BCUT2D eigenvalue weighted by molar-refractivity contribution is 9.09. The molecule has 0 N–H and O–H groups in total. The van der Waals surface area contributed by atoms with E-state index in [1.54, 1.807) is 0 Å². The average molecular weight is 649 g/mol. The summed E-state index contributed by atoms with van der Waals surface area (Å²) >= 11 is 3.55. The Morgan fingerprint density at radius 3 is 1.66 bits per heavy atom. The minimum absolute atomic E-state index is 0. The number of hydrogen-bond acceptors (Lipinski definition) is 1. The fourth-order valence-electron chi connectivity index (χ4n) is 5.12. The van der Waals surface area contributed by atoms with Gasteiger partial charge in [0.25, 0.3) is 6.33 Å². The van der Waals surface area contributed by atoms with E-state index in [4.69, 9.17) is 4.74 Å². The first kappa shape index (κ1) is 32.6. The van der Waals surface area contributed by atoms with E-state index in [-0.39, 0.29) is 17.0 Å². The van der Waals surface area contributed by atoms with Gasteiger partial charge in [0.15, 0.2) is 6.20 Å². The third kappa shape index (κ3) is 7.75. The van der Waals surface area contributed by atoms with Gasteiger partial charge in [0, 0.05) is 27.6 Å². The van der Waals surface area contributed by atoms with E-state index < -0.39 is 0 Å². The Morgan fingerprint density at radius 2 is 1.18 bits per heavy atom. The Kier molecular flexibility index (Phi) is 13.1. The maximum Gasteiger partial charge on any atom is 0.330 e. The fourth-order valence-corrected chi connectivity index (χ4v) is 5.52. The first-order chi connectivity index (χ1) is 17.7. The monoisotopic (exact) mass is 646 g/mol. The van der Waals surface area contributed by atoms with E-state index in [1.165, 1.54) is 52.9 Å². The lowest BCUT2D eigenvalue weighted by molar-refractivity contribution is -0.596. The number of benzene rings is 2. The fraction of sp³-hybridized carbons (Fsp3) is 0.545. The van der Waals surface area contributed by atoms with Crippen LogP contribution in [-0.4, -0.2) is 16.5 Å². The molecule has 0 radical (unpaired) electrons. The van der Waals surface area contributed by atoms with Crippen LogP contribution in [0.3, 0.4) is 0 Å². The molecule has 3 rings (SSSR count). The van der Waals surface area contributed by atoms with Crippen LogP contribution in [0.15, 0.2) is 48.9 Å². The van der Waals surface area contributed by atoms with Crippen LogP contribution in [0.25, 0.3) is 11.4 Å². The predicted octanol–water partition coefficient (Wildman–Crippen LogP) is 6.59. The van der Waals surface area contributed by atoms with E-state index >= 15 is 0 Å². The number of rotatable bonds is 13. The van der Waals surface area contributed by atoms with Crippen molar-refractivity contribution in [2.75, 3.05) is 11.9 Å². The van der Waals surface area contributed by atoms with Crippen LogP contribution >= 0.6 is 15.9 Å². The van der Waals surface area contributed by atoms with Crippen molar-refractivity contribution >= 4 is 15.9 Å². The largest absolute Gasteiger partial charge is 1.00 e. The summed E-state index contributed by atoms with van der Waals surface area (Å²) in [6.07, 6.45) is 9.20. The highest BCUT2D eigenvalue weighted by atomic mass is 79.9. The van der Waals surface area contributed by atoms with E-state index in [0.717, 1.165) is 24.2 Å². The molecule has 1 heterocycles. The first-order valence-electron chi connectivity index (χ1n) is 14.3. The van der Waals surface area contributed by atoms with Crippen LogP contribution in [0.5, 0.6) is 5.88 Å². The number of hydrogen-bond donors (Lipinski definition) is 0. The zero-order valence-electron chi connectivity index (χ0n) is 24.7. The molecule has 0 unspecified atom stereocenters. The maximum atomic E-state index is 6.57. The van der Waals surface area contributed by atoms with Crippen LogP contribution in [0.2, 0.25) is 0 Å². The van der Waals surface area contributed by atoms with Gasteiger partial charge in [0.1, 0.15) is 11.4 Å². The molecule has 3 aromatic rings. The lowest BCUT2D eigenvalue weighted by atomic mass is 9.92. The van der Waals surface area contributed by atoms with Crippen molar-refractivity contribution in [3.63, 3.8) is 0 Å². The van der Waals surface area contributed by atoms with Gasteiger partial charge in [-0.15, -0.1) is 0 Å². The lowest BCUT2D eigenvalue weighted by Crippen LogP contribution is -3.00. The van der Waals surface area contributed by atoms with E-state index in [0.29, 0.717) is 23.7 Å². The van der Waals surface area contributed by atoms with Gasteiger partial charge in [0.05, 0.1) is 6.61 Å². The van der Waals surface area contributed by atoms with Crippen molar-refractivity contribution in [1.82, 2.24) is 4.57 Å². The van der Waals surface area contributed by atoms with E-state index in [9.17, 15) is 0 Å². The Balaban J connectivity index is 0.00000507. The summed E-state index contributed by atoms with van der Waals surface area (Å²) in [7, 11) is 0. The molecule has 0 aliphatic carbocycles. The predicted molar refractivity (Wildman–Crippen MR) is 161 cm³/mol. The topological polar surface area (TPSA) is 18.0 Å². The van der Waals surface area contributed by atoms with Crippen molar-refractivity contribution in [1.29, 1.82) is 0 Å². The van der Waals surface area contributed by atoms with E-state index in [1.807, 2.05) is 0 Å². The van der Waals surface area contributed by atoms with Crippen LogP contribution in [-0.2, 0) is 0 Å². The van der Waals surface area contributed by atoms with Gasteiger partial charge < -0.3 is 21.7 Å². The molecule has 5 heteroatoms. The van der Waals surface area contributed by atoms with Gasteiger partial charge in [-0.1, -0.05) is 121 Å². The summed E-state index contributed by atoms with van der Waals surface area (Å²) in [6.45, 7) is 19.0. The summed E-state index contributed by atoms with van der Waals surface area (Å²) in [4.78, 5) is 0. The number of unbranched alkanes of at least 4 members (excludes halogenated alkanes) is 3. The summed E-state index contributed by atoms with van der Waals surface area (Å²) in [5, 5.41) is 1.08. The van der Waals surface area contributed by atoms with Crippen LogP contribution in [0, 0.1) is 0 Å². The van der Waals surface area contributed by atoms with Gasteiger partial charge in [0.2, 0.25) is 0 Å². The highest BCUT2D eigenvalue weighted by Crippen LogP contribution is 2.35. The number of ether oxygens (including phenoxy) is 1. The number of aromatic nitrogens is 2. The van der Waals surface area contributed by atoms with Crippen LogP contribution in [0.1, 0.15) is 127 Å². The Morgan fingerprint density at radius 1 is 0.711 bits per heavy atom. The van der Waals surface area contributed by atoms with Gasteiger partial charge >= 0.3 is 5.88 Å². The molecule has 0 bridgehead atoms. The molecule has 2 aromatic carbocycles. The summed E-state index contributed by atoms with van der Waals surface area (Å²) < 4.78 is 11.2. The number of imidazole rings is 1. The zero-order valence-corrected chi connectivity index (χ0v) is 27.9. The number of para-hydroxylation sites is 2. The number of alkyl halides is 1. The van der Waals surface area contributed by atoms with Crippen molar-refractivity contribution in [2.45, 2.75) is 105 Å². The molecule has 1 aromatic heterocycles. The third-order valence-corrected chi connectivity index (χ3v) is 7.75. The standard InChI is InChI=1S/C33H48BrN2O.BrH/c1-23(2)27-15-13-16-28(24(3)4)32(27)35-21-31(37-20-12-10-9-11-19-34)36(22-35)33-29(25(5)6)17-14-18-30(33)26(7)8;/h13-18,21-26H,9-12,19-20H2,1-8H3;1H/q+1;/p-1. The second kappa shape index (κ2) is 15.3. The zero-order chi connectivity index (χ0) is 27.1. The summed E-state index contributed by atoms with van der Waals surface area (Å²) in [5.74, 6) is 2.60. The molecular weight excluding hydrogens is 600 g/mol. The SMILES string of the molecule is CC(C)c1cccc(C(C)C)c1-n1c[n+](-c2c(C(C)C)cccc2C(C)C)cc1OCCCCCCBr.[Br-].